The molecule has 160 valence electrons. The van der Waals surface area contributed by atoms with Crippen molar-refractivity contribution < 1.29 is 23.0 Å². The maximum Gasteiger partial charge on any atom is 0.387 e. The third-order valence-electron chi connectivity index (χ3n) is 3.97. The molecule has 0 atom stereocenters. The Morgan fingerprint density at radius 2 is 2.10 bits per heavy atom. The first-order valence-corrected chi connectivity index (χ1v) is 9.01. The largest absolute Gasteiger partial charge is 0.454 e. The molecule has 1 aliphatic heterocycles. The van der Waals surface area contributed by atoms with Crippen molar-refractivity contribution in [2.45, 2.75) is 33.0 Å². The molecular formula is C18H24F2IN5O3. The number of nitrogens with one attached hydrogen (secondary N) is 2. The molecule has 1 aliphatic rings. The fraction of sp³-hybridized carbons (Fsp3) is 0.444. The molecule has 1 aromatic heterocycles. The minimum Gasteiger partial charge on any atom is -0.454 e. The van der Waals surface area contributed by atoms with E-state index in [1.165, 1.54) is 6.07 Å². The second kappa shape index (κ2) is 11.6. The number of alkyl halides is 2. The number of hydrogen-bond donors (Lipinski definition) is 2. The van der Waals surface area contributed by atoms with Crippen LogP contribution in [0.15, 0.2) is 35.8 Å². The normalized spacial score (nSPS) is 12.6. The minimum atomic E-state index is -2.93. The van der Waals surface area contributed by atoms with Crippen LogP contribution in [0.2, 0.25) is 0 Å². The summed E-state index contributed by atoms with van der Waals surface area (Å²) in [7, 11) is 0. The molecule has 0 unspecified atom stereocenters. The van der Waals surface area contributed by atoms with Crippen molar-refractivity contribution >= 4 is 29.9 Å². The molecule has 1 aromatic carbocycles. The zero-order valence-corrected chi connectivity index (χ0v) is 18.3. The number of guanidine groups is 1. The Morgan fingerprint density at radius 1 is 1.31 bits per heavy atom. The van der Waals surface area contributed by atoms with Gasteiger partial charge < -0.3 is 29.4 Å². The van der Waals surface area contributed by atoms with E-state index in [0.717, 1.165) is 13.0 Å². The number of nitrogens with zero attached hydrogens (tertiary/aromatic N) is 3. The summed E-state index contributed by atoms with van der Waals surface area (Å²) in [5, 5.41) is 6.36. The van der Waals surface area contributed by atoms with Crippen LogP contribution in [0.1, 0.15) is 18.9 Å². The van der Waals surface area contributed by atoms with Crippen molar-refractivity contribution in [3.05, 3.63) is 36.4 Å². The first-order chi connectivity index (χ1) is 13.7. The van der Waals surface area contributed by atoms with Crippen LogP contribution >= 0.6 is 24.0 Å². The highest BCUT2D eigenvalue weighted by Gasteiger charge is 2.20. The predicted molar refractivity (Wildman–Crippen MR) is 114 cm³/mol. The summed E-state index contributed by atoms with van der Waals surface area (Å²) in [5.74, 6) is 1.49. The van der Waals surface area contributed by atoms with Gasteiger partial charge in [0.05, 0.1) is 12.9 Å². The Labute approximate surface area is 184 Å². The molecule has 0 radical (unpaired) electrons. The average molecular weight is 523 g/mol. The van der Waals surface area contributed by atoms with E-state index < -0.39 is 6.61 Å². The maximum absolute atomic E-state index is 12.7. The van der Waals surface area contributed by atoms with Gasteiger partial charge in [-0.25, -0.2) is 9.98 Å². The number of halogens is 3. The molecule has 0 saturated carbocycles. The highest BCUT2D eigenvalue weighted by Crippen LogP contribution is 2.38. The molecule has 2 heterocycles. The summed E-state index contributed by atoms with van der Waals surface area (Å²) in [4.78, 5) is 8.47. The lowest BCUT2D eigenvalue weighted by Gasteiger charge is -2.13. The summed E-state index contributed by atoms with van der Waals surface area (Å²) in [6.07, 6.45) is 6.29. The molecule has 8 nitrogen and oxygen atoms in total. The molecule has 2 aromatic rings. The average Bonchev–Trinajstić information content (AvgIpc) is 3.33. The quantitative estimate of drug-likeness (QED) is 0.228. The van der Waals surface area contributed by atoms with Crippen molar-refractivity contribution in [3.8, 4) is 17.2 Å². The first kappa shape index (κ1) is 23.0. The van der Waals surface area contributed by atoms with Crippen molar-refractivity contribution in [1.82, 2.24) is 20.2 Å². The lowest BCUT2D eigenvalue weighted by Crippen LogP contribution is -2.38. The number of benzene rings is 1. The molecule has 0 amide bonds. The van der Waals surface area contributed by atoms with Crippen molar-refractivity contribution in [1.29, 1.82) is 0 Å². The maximum atomic E-state index is 12.7. The van der Waals surface area contributed by atoms with Crippen LogP contribution in [0.4, 0.5) is 8.78 Å². The zero-order valence-electron chi connectivity index (χ0n) is 15.9. The van der Waals surface area contributed by atoms with E-state index in [2.05, 4.69) is 25.3 Å². The molecule has 0 saturated heterocycles. The van der Waals surface area contributed by atoms with Crippen LogP contribution in [0.25, 0.3) is 0 Å². The van der Waals surface area contributed by atoms with Gasteiger partial charge >= 0.3 is 6.61 Å². The SMILES string of the molecule is CCNC(=NCc1cc2c(cc1OC(F)F)OCO2)NCCCn1ccnc1.I. The molecule has 11 heteroatoms. The Hall–Kier alpha value is -2.31. The van der Waals surface area contributed by atoms with Gasteiger partial charge in [0.25, 0.3) is 0 Å². The molecule has 0 fully saturated rings. The molecular weight excluding hydrogens is 499 g/mol. The Morgan fingerprint density at radius 3 is 2.79 bits per heavy atom. The highest BCUT2D eigenvalue weighted by atomic mass is 127. The van der Waals surface area contributed by atoms with Crippen LogP contribution in [-0.2, 0) is 13.1 Å². The van der Waals surface area contributed by atoms with E-state index in [4.69, 9.17) is 9.47 Å². The molecule has 2 N–H and O–H groups in total. The lowest BCUT2D eigenvalue weighted by molar-refractivity contribution is -0.0505. The number of aliphatic imine (C=N–C) groups is 1. The summed E-state index contributed by atoms with van der Waals surface area (Å²) in [6.45, 7) is 1.43. The van der Waals surface area contributed by atoms with E-state index >= 15 is 0 Å². The molecule has 0 aliphatic carbocycles. The van der Waals surface area contributed by atoms with Gasteiger partial charge in [0.2, 0.25) is 6.79 Å². The number of rotatable bonds is 9. The topological polar surface area (TPSA) is 81.9 Å². The minimum absolute atomic E-state index is 0. The number of ether oxygens (including phenoxy) is 3. The van der Waals surface area contributed by atoms with E-state index in [1.54, 1.807) is 18.6 Å². The second-order valence-electron chi connectivity index (χ2n) is 5.97. The first-order valence-electron chi connectivity index (χ1n) is 9.01. The monoisotopic (exact) mass is 523 g/mol. The van der Waals surface area contributed by atoms with Crippen LogP contribution in [0, 0.1) is 0 Å². The Balaban J connectivity index is 0.00000300. The van der Waals surface area contributed by atoms with Gasteiger partial charge in [0.1, 0.15) is 5.75 Å². The summed E-state index contributed by atoms with van der Waals surface area (Å²) in [6, 6.07) is 3.02. The van der Waals surface area contributed by atoms with Gasteiger partial charge in [0, 0.05) is 43.7 Å². The van der Waals surface area contributed by atoms with Gasteiger partial charge in [0.15, 0.2) is 17.5 Å². The second-order valence-corrected chi connectivity index (χ2v) is 5.97. The Kier molecular flexibility index (Phi) is 9.22. The summed E-state index contributed by atoms with van der Waals surface area (Å²) < 4.78 is 42.6. The van der Waals surface area contributed by atoms with Gasteiger partial charge in [-0.05, 0) is 19.4 Å². The molecule has 3 rings (SSSR count). The molecule has 0 bridgehead atoms. The smallest absolute Gasteiger partial charge is 0.387 e. The van der Waals surface area contributed by atoms with E-state index in [1.807, 2.05) is 17.7 Å². The van der Waals surface area contributed by atoms with Crippen LogP contribution in [0.3, 0.4) is 0 Å². The van der Waals surface area contributed by atoms with Gasteiger partial charge in [-0.1, -0.05) is 0 Å². The Bertz CT molecular complexity index is 790. The molecule has 29 heavy (non-hydrogen) atoms. The van der Waals surface area contributed by atoms with Gasteiger partial charge in [-0.3, -0.25) is 0 Å². The predicted octanol–water partition coefficient (Wildman–Crippen LogP) is 2.98. The highest BCUT2D eigenvalue weighted by molar-refractivity contribution is 14.0. The van der Waals surface area contributed by atoms with E-state index in [-0.39, 0.29) is 43.1 Å². The zero-order chi connectivity index (χ0) is 19.8. The van der Waals surface area contributed by atoms with Crippen LogP contribution in [0.5, 0.6) is 17.2 Å². The summed E-state index contributed by atoms with van der Waals surface area (Å²) >= 11 is 0. The van der Waals surface area contributed by atoms with Crippen LogP contribution in [-0.4, -0.2) is 42.0 Å². The fourth-order valence-corrected chi connectivity index (χ4v) is 2.69. The standard InChI is InChI=1S/C18H23F2N5O3.HI/c1-2-22-18(23-4-3-6-25-7-5-21-11-25)24-10-13-8-15-16(27-12-26-15)9-14(13)28-17(19)20;/h5,7-9,11,17H,2-4,6,10,12H2,1H3,(H2,22,23,24);1H. The fourth-order valence-electron chi connectivity index (χ4n) is 2.69. The van der Waals surface area contributed by atoms with E-state index in [0.29, 0.717) is 36.1 Å². The van der Waals surface area contributed by atoms with E-state index in [9.17, 15) is 8.78 Å². The van der Waals surface area contributed by atoms with Crippen molar-refractivity contribution in [2.24, 2.45) is 4.99 Å². The third-order valence-corrected chi connectivity index (χ3v) is 3.97. The van der Waals surface area contributed by atoms with Gasteiger partial charge in [-0.15, -0.1) is 24.0 Å². The number of aryl methyl sites for hydroxylation is 1. The number of hydrogen-bond acceptors (Lipinski definition) is 5. The number of aromatic nitrogens is 2. The van der Waals surface area contributed by atoms with Gasteiger partial charge in [-0.2, -0.15) is 8.78 Å². The number of imidazole rings is 1. The molecule has 0 spiro atoms. The van der Waals surface area contributed by atoms with Crippen molar-refractivity contribution in [2.75, 3.05) is 19.9 Å². The van der Waals surface area contributed by atoms with Crippen molar-refractivity contribution in [3.63, 3.8) is 0 Å². The third kappa shape index (κ3) is 6.91. The summed E-state index contributed by atoms with van der Waals surface area (Å²) in [5.41, 5.74) is 0.486. The van der Waals surface area contributed by atoms with Crippen LogP contribution < -0.4 is 24.8 Å². The lowest BCUT2D eigenvalue weighted by atomic mass is 10.1. The number of fused-ring (bicyclic) bond motifs is 1.